The van der Waals surface area contributed by atoms with Crippen molar-refractivity contribution in [1.29, 1.82) is 0 Å². The van der Waals surface area contributed by atoms with Crippen molar-refractivity contribution in [2.75, 3.05) is 6.54 Å². The lowest BCUT2D eigenvalue weighted by Crippen LogP contribution is -2.32. The number of fused-ring (bicyclic) bond motifs is 1. The fourth-order valence-corrected chi connectivity index (χ4v) is 3.91. The molecule has 29 heavy (non-hydrogen) atoms. The highest BCUT2D eigenvalue weighted by atomic mass is 32.1. The third kappa shape index (κ3) is 5.74. The predicted molar refractivity (Wildman–Crippen MR) is 116 cm³/mol. The van der Waals surface area contributed by atoms with E-state index in [0.29, 0.717) is 4.88 Å². The van der Waals surface area contributed by atoms with E-state index in [0.717, 1.165) is 16.3 Å². The monoisotopic (exact) mass is 408 g/mol. The van der Waals surface area contributed by atoms with Crippen molar-refractivity contribution in [2.45, 2.75) is 32.2 Å². The molecule has 150 valence electrons. The smallest absolute Gasteiger partial charge is 0.222 e. The Morgan fingerprint density at radius 2 is 1.69 bits per heavy atom. The van der Waals surface area contributed by atoms with Gasteiger partial charge in [0.25, 0.3) is 0 Å². The van der Waals surface area contributed by atoms with E-state index in [9.17, 15) is 14.4 Å². The summed E-state index contributed by atoms with van der Waals surface area (Å²) in [5.74, 6) is -0.373. The lowest BCUT2D eigenvalue weighted by atomic mass is 9.99. The number of ketones is 1. The van der Waals surface area contributed by atoms with Gasteiger partial charge in [-0.05, 0) is 34.7 Å². The molecule has 0 spiro atoms. The van der Waals surface area contributed by atoms with E-state index < -0.39 is 0 Å². The van der Waals surface area contributed by atoms with Gasteiger partial charge in [0.2, 0.25) is 11.8 Å². The van der Waals surface area contributed by atoms with Crippen molar-refractivity contribution >= 4 is 39.7 Å². The lowest BCUT2D eigenvalue weighted by Gasteiger charge is -2.17. The fourth-order valence-electron chi connectivity index (χ4n) is 3.21. The quantitative estimate of drug-likeness (QED) is 0.520. The number of rotatable bonds is 9. The van der Waals surface area contributed by atoms with E-state index in [1.54, 1.807) is 6.07 Å². The van der Waals surface area contributed by atoms with Gasteiger partial charge >= 0.3 is 0 Å². The van der Waals surface area contributed by atoms with Crippen LogP contribution in [0.4, 0.5) is 0 Å². The van der Waals surface area contributed by atoms with Crippen LogP contribution in [0, 0.1) is 0 Å². The van der Waals surface area contributed by atoms with Gasteiger partial charge in [0, 0.05) is 25.8 Å². The van der Waals surface area contributed by atoms with Crippen molar-refractivity contribution in [3.05, 3.63) is 70.4 Å². The zero-order valence-corrected chi connectivity index (χ0v) is 17.1. The zero-order valence-electron chi connectivity index (χ0n) is 16.3. The van der Waals surface area contributed by atoms with Crippen molar-refractivity contribution in [2.24, 2.45) is 0 Å². The molecule has 2 N–H and O–H groups in total. The standard InChI is InChI=1S/C23H24N2O3S/c1-16(18-9-4-7-17-6-2-3-8-19(17)18)25-23(28)13-14-24-22(27)12-11-20(26)21-10-5-15-29-21/h2-10,15-16H,11-14H2,1H3,(H,24,27)(H,25,28). The molecule has 1 unspecified atom stereocenters. The van der Waals surface area contributed by atoms with Crippen LogP contribution in [-0.4, -0.2) is 24.1 Å². The highest BCUT2D eigenvalue weighted by Crippen LogP contribution is 2.24. The Morgan fingerprint density at radius 3 is 2.48 bits per heavy atom. The first-order chi connectivity index (χ1) is 14.0. The second kappa shape index (κ2) is 9.98. The molecule has 0 saturated carbocycles. The van der Waals surface area contributed by atoms with Gasteiger partial charge in [0.05, 0.1) is 10.9 Å². The maximum absolute atomic E-state index is 12.3. The Bertz CT molecular complexity index is 993. The minimum absolute atomic E-state index is 0.0307. The molecule has 0 aliphatic heterocycles. The molecule has 0 saturated heterocycles. The summed E-state index contributed by atoms with van der Waals surface area (Å²) in [5.41, 5.74) is 1.06. The molecule has 0 aliphatic rings. The minimum atomic E-state index is -0.218. The molecule has 1 atom stereocenters. The van der Waals surface area contributed by atoms with E-state index in [4.69, 9.17) is 0 Å². The van der Waals surface area contributed by atoms with Crippen LogP contribution in [0.5, 0.6) is 0 Å². The topological polar surface area (TPSA) is 75.3 Å². The van der Waals surface area contributed by atoms with Crippen molar-refractivity contribution < 1.29 is 14.4 Å². The van der Waals surface area contributed by atoms with Crippen molar-refractivity contribution in [3.63, 3.8) is 0 Å². The molecule has 0 aliphatic carbocycles. The van der Waals surface area contributed by atoms with Crippen LogP contribution in [0.3, 0.4) is 0 Å². The van der Waals surface area contributed by atoms with Gasteiger partial charge < -0.3 is 10.6 Å². The normalized spacial score (nSPS) is 11.8. The van der Waals surface area contributed by atoms with Crippen LogP contribution in [0.15, 0.2) is 60.0 Å². The molecular formula is C23H24N2O3S. The van der Waals surface area contributed by atoms with Gasteiger partial charge in [-0.25, -0.2) is 0 Å². The first-order valence-corrected chi connectivity index (χ1v) is 10.5. The Balaban J connectivity index is 1.41. The average molecular weight is 409 g/mol. The average Bonchev–Trinajstić information content (AvgIpc) is 3.26. The van der Waals surface area contributed by atoms with Crippen molar-refractivity contribution in [1.82, 2.24) is 10.6 Å². The van der Waals surface area contributed by atoms with Gasteiger partial charge in [-0.1, -0.05) is 48.5 Å². The summed E-state index contributed by atoms with van der Waals surface area (Å²) < 4.78 is 0. The Labute approximate surface area is 174 Å². The predicted octanol–water partition coefficient (Wildman–Crippen LogP) is 4.25. The molecule has 6 heteroatoms. The van der Waals surface area contributed by atoms with Crippen LogP contribution in [0.25, 0.3) is 10.8 Å². The van der Waals surface area contributed by atoms with Gasteiger partial charge in [-0.2, -0.15) is 0 Å². The van der Waals surface area contributed by atoms with E-state index >= 15 is 0 Å². The Hall–Kier alpha value is -2.99. The fraction of sp³-hybridized carbons (Fsp3) is 0.261. The van der Waals surface area contributed by atoms with Crippen molar-refractivity contribution in [3.8, 4) is 0 Å². The number of carbonyl (C=O) groups excluding carboxylic acids is 3. The van der Waals surface area contributed by atoms with Gasteiger partial charge in [-0.3, -0.25) is 14.4 Å². The summed E-state index contributed by atoms with van der Waals surface area (Å²) in [6, 6.07) is 17.6. The Morgan fingerprint density at radius 1 is 0.897 bits per heavy atom. The van der Waals surface area contributed by atoms with Crippen LogP contribution >= 0.6 is 11.3 Å². The van der Waals surface area contributed by atoms with Gasteiger partial charge in [0.15, 0.2) is 5.78 Å². The number of Topliss-reactive ketones (excluding diaryl/α,β-unsaturated/α-hetero) is 1. The molecule has 3 rings (SSSR count). The summed E-state index contributed by atoms with van der Waals surface area (Å²) in [5, 5.41) is 9.79. The van der Waals surface area contributed by atoms with Gasteiger partial charge in [0.1, 0.15) is 0 Å². The van der Waals surface area contributed by atoms with Crippen LogP contribution < -0.4 is 10.6 Å². The maximum atomic E-state index is 12.3. The zero-order chi connectivity index (χ0) is 20.6. The number of hydrogen-bond acceptors (Lipinski definition) is 4. The molecule has 3 aromatic rings. The molecule has 1 heterocycles. The summed E-state index contributed by atoms with van der Waals surface area (Å²) in [4.78, 5) is 36.7. The molecule has 2 aromatic carbocycles. The second-order valence-electron chi connectivity index (χ2n) is 6.86. The lowest BCUT2D eigenvalue weighted by molar-refractivity contribution is -0.122. The number of thiophene rings is 1. The van der Waals surface area contributed by atoms with Crippen LogP contribution in [0.2, 0.25) is 0 Å². The highest BCUT2D eigenvalue weighted by molar-refractivity contribution is 7.12. The van der Waals surface area contributed by atoms with E-state index in [1.165, 1.54) is 11.3 Å². The van der Waals surface area contributed by atoms with E-state index in [2.05, 4.69) is 10.6 Å². The highest BCUT2D eigenvalue weighted by Gasteiger charge is 2.13. The largest absolute Gasteiger partial charge is 0.356 e. The summed E-state index contributed by atoms with van der Waals surface area (Å²) >= 11 is 1.37. The maximum Gasteiger partial charge on any atom is 0.222 e. The minimum Gasteiger partial charge on any atom is -0.356 e. The molecule has 0 bridgehead atoms. The number of amides is 2. The first-order valence-electron chi connectivity index (χ1n) is 9.65. The summed E-state index contributed by atoms with van der Waals surface area (Å²) in [7, 11) is 0. The molecular weight excluding hydrogens is 384 g/mol. The number of carbonyl (C=O) groups is 3. The molecule has 5 nitrogen and oxygen atoms in total. The number of nitrogens with one attached hydrogen (secondary N) is 2. The van der Waals surface area contributed by atoms with E-state index in [-0.39, 0.29) is 49.4 Å². The first kappa shape index (κ1) is 20.7. The third-order valence-corrected chi connectivity index (χ3v) is 5.63. The van der Waals surface area contributed by atoms with Gasteiger partial charge in [-0.15, -0.1) is 11.3 Å². The molecule has 1 aromatic heterocycles. The number of hydrogen-bond donors (Lipinski definition) is 2. The summed E-state index contributed by atoms with van der Waals surface area (Å²) in [6.45, 7) is 2.20. The van der Waals surface area contributed by atoms with Crippen LogP contribution in [-0.2, 0) is 9.59 Å². The summed E-state index contributed by atoms with van der Waals surface area (Å²) in [6.07, 6.45) is 0.501. The third-order valence-electron chi connectivity index (χ3n) is 4.72. The SMILES string of the molecule is CC(NC(=O)CCNC(=O)CCC(=O)c1cccs1)c1cccc2ccccc12. The second-order valence-corrected chi connectivity index (χ2v) is 7.81. The molecule has 0 fully saturated rings. The molecule has 2 amide bonds. The Kier molecular flexibility index (Phi) is 7.14. The van der Waals surface area contributed by atoms with E-state index in [1.807, 2.05) is 60.8 Å². The molecule has 0 radical (unpaired) electrons. The number of benzene rings is 2. The van der Waals surface area contributed by atoms with Crippen LogP contribution in [0.1, 0.15) is 47.5 Å².